The molecule has 0 saturated carbocycles. The van der Waals surface area contributed by atoms with Gasteiger partial charge in [0.2, 0.25) is 0 Å². The van der Waals surface area contributed by atoms with Gasteiger partial charge in [-0.05, 0) is 48.9 Å². The van der Waals surface area contributed by atoms with E-state index in [2.05, 4.69) is 4.57 Å². The average Bonchev–Trinajstić information content (AvgIpc) is 2.63. The van der Waals surface area contributed by atoms with Crippen molar-refractivity contribution in [2.45, 2.75) is 13.5 Å². The van der Waals surface area contributed by atoms with Crippen LogP contribution in [0.2, 0.25) is 0 Å². The highest BCUT2D eigenvalue weighted by Crippen LogP contribution is 2.22. The summed E-state index contributed by atoms with van der Waals surface area (Å²) in [5.74, 6) is -0.211. The molecule has 0 aliphatic rings. The van der Waals surface area contributed by atoms with E-state index < -0.39 is 0 Å². The normalized spacial score (nSPS) is 10.7. The summed E-state index contributed by atoms with van der Waals surface area (Å²) in [6.07, 6.45) is 0. The third kappa shape index (κ3) is 1.99. The van der Waals surface area contributed by atoms with Crippen LogP contribution in [0.15, 0.2) is 36.4 Å². The molecule has 0 unspecified atom stereocenters. The SMILES string of the molecule is Cc1ccc(-c2ccc(F)cc2)n1CCN. The molecule has 3 heteroatoms. The van der Waals surface area contributed by atoms with E-state index in [1.165, 1.54) is 17.8 Å². The summed E-state index contributed by atoms with van der Waals surface area (Å²) in [5.41, 5.74) is 8.85. The largest absolute Gasteiger partial charge is 0.344 e. The van der Waals surface area contributed by atoms with Crippen LogP contribution in [-0.4, -0.2) is 11.1 Å². The highest BCUT2D eigenvalue weighted by atomic mass is 19.1. The first-order valence-corrected chi connectivity index (χ1v) is 5.34. The Hall–Kier alpha value is -1.61. The van der Waals surface area contributed by atoms with Crippen molar-refractivity contribution < 1.29 is 4.39 Å². The van der Waals surface area contributed by atoms with Crippen molar-refractivity contribution in [1.82, 2.24) is 4.57 Å². The maximum absolute atomic E-state index is 12.8. The van der Waals surface area contributed by atoms with Crippen molar-refractivity contribution in [3.8, 4) is 11.3 Å². The number of benzene rings is 1. The fourth-order valence-electron chi connectivity index (χ4n) is 1.87. The van der Waals surface area contributed by atoms with E-state index in [4.69, 9.17) is 5.73 Å². The van der Waals surface area contributed by atoms with Gasteiger partial charge in [-0.1, -0.05) is 0 Å². The van der Waals surface area contributed by atoms with E-state index in [0.717, 1.165) is 17.8 Å². The van der Waals surface area contributed by atoms with E-state index in [-0.39, 0.29) is 5.82 Å². The van der Waals surface area contributed by atoms with E-state index in [1.54, 1.807) is 12.1 Å². The van der Waals surface area contributed by atoms with Gasteiger partial charge in [-0.3, -0.25) is 0 Å². The van der Waals surface area contributed by atoms with Crippen LogP contribution in [0, 0.1) is 12.7 Å². The standard InChI is InChI=1S/C13H15FN2/c1-10-2-7-13(16(10)9-8-15)11-3-5-12(14)6-4-11/h2-7H,8-9,15H2,1H3. The number of rotatable bonds is 3. The fraction of sp³-hybridized carbons (Fsp3) is 0.231. The second kappa shape index (κ2) is 4.49. The van der Waals surface area contributed by atoms with Crippen molar-refractivity contribution >= 4 is 0 Å². The van der Waals surface area contributed by atoms with Crippen molar-refractivity contribution in [1.29, 1.82) is 0 Å². The predicted molar refractivity (Wildman–Crippen MR) is 63.6 cm³/mol. The number of halogens is 1. The highest BCUT2D eigenvalue weighted by molar-refractivity contribution is 5.60. The lowest BCUT2D eigenvalue weighted by Crippen LogP contribution is -2.11. The molecule has 0 spiro atoms. The van der Waals surface area contributed by atoms with Crippen LogP contribution in [-0.2, 0) is 6.54 Å². The molecule has 0 aliphatic heterocycles. The second-order valence-corrected chi connectivity index (χ2v) is 3.81. The lowest BCUT2D eigenvalue weighted by atomic mass is 10.1. The molecular weight excluding hydrogens is 203 g/mol. The molecule has 0 radical (unpaired) electrons. The van der Waals surface area contributed by atoms with Gasteiger partial charge in [0.05, 0.1) is 0 Å². The Morgan fingerprint density at radius 1 is 1.12 bits per heavy atom. The smallest absolute Gasteiger partial charge is 0.123 e. The molecule has 1 aromatic carbocycles. The van der Waals surface area contributed by atoms with E-state index in [1.807, 2.05) is 19.1 Å². The first-order chi connectivity index (χ1) is 7.72. The summed E-state index contributed by atoms with van der Waals surface area (Å²) in [5, 5.41) is 0. The van der Waals surface area contributed by atoms with Crippen molar-refractivity contribution in [3.05, 3.63) is 47.9 Å². The van der Waals surface area contributed by atoms with Crippen molar-refractivity contribution in [2.75, 3.05) is 6.54 Å². The quantitative estimate of drug-likeness (QED) is 0.843. The Bertz CT molecular complexity index is 471. The van der Waals surface area contributed by atoms with Gasteiger partial charge in [0.1, 0.15) is 5.82 Å². The Morgan fingerprint density at radius 3 is 2.44 bits per heavy atom. The minimum atomic E-state index is -0.211. The van der Waals surface area contributed by atoms with Crippen LogP contribution in [0.3, 0.4) is 0 Å². The lowest BCUT2D eigenvalue weighted by molar-refractivity contribution is 0.628. The van der Waals surface area contributed by atoms with Crippen LogP contribution < -0.4 is 5.73 Å². The van der Waals surface area contributed by atoms with Gasteiger partial charge >= 0.3 is 0 Å². The minimum absolute atomic E-state index is 0.211. The van der Waals surface area contributed by atoms with Crippen LogP contribution in [0.25, 0.3) is 11.3 Å². The molecule has 2 N–H and O–H groups in total. The third-order valence-electron chi connectivity index (χ3n) is 2.69. The monoisotopic (exact) mass is 218 g/mol. The molecule has 1 heterocycles. The number of nitrogens with zero attached hydrogens (tertiary/aromatic N) is 1. The maximum atomic E-state index is 12.8. The zero-order valence-electron chi connectivity index (χ0n) is 9.28. The van der Waals surface area contributed by atoms with E-state index >= 15 is 0 Å². The predicted octanol–water partition coefficient (Wildman–Crippen LogP) is 2.56. The molecule has 0 amide bonds. The van der Waals surface area contributed by atoms with Gasteiger partial charge in [-0.15, -0.1) is 0 Å². The molecule has 0 fully saturated rings. The van der Waals surface area contributed by atoms with Gasteiger partial charge in [-0.25, -0.2) is 4.39 Å². The zero-order chi connectivity index (χ0) is 11.5. The molecule has 2 aromatic rings. The van der Waals surface area contributed by atoms with Crippen molar-refractivity contribution in [2.24, 2.45) is 5.73 Å². The number of aromatic nitrogens is 1. The fourth-order valence-corrected chi connectivity index (χ4v) is 1.87. The van der Waals surface area contributed by atoms with Crippen LogP contribution in [0.4, 0.5) is 4.39 Å². The van der Waals surface area contributed by atoms with Gasteiger partial charge in [0, 0.05) is 24.5 Å². The number of aryl methyl sites for hydroxylation is 1. The first kappa shape index (κ1) is 10.9. The van der Waals surface area contributed by atoms with Gasteiger partial charge < -0.3 is 10.3 Å². The van der Waals surface area contributed by atoms with Crippen LogP contribution >= 0.6 is 0 Å². The van der Waals surface area contributed by atoms with Gasteiger partial charge in [-0.2, -0.15) is 0 Å². The van der Waals surface area contributed by atoms with Crippen LogP contribution in [0.1, 0.15) is 5.69 Å². The number of hydrogen-bond donors (Lipinski definition) is 1. The molecule has 0 bridgehead atoms. The third-order valence-corrected chi connectivity index (χ3v) is 2.69. The summed E-state index contributed by atoms with van der Waals surface area (Å²) >= 11 is 0. The highest BCUT2D eigenvalue weighted by Gasteiger charge is 2.06. The van der Waals surface area contributed by atoms with E-state index in [9.17, 15) is 4.39 Å². The molecule has 84 valence electrons. The topological polar surface area (TPSA) is 30.9 Å². The maximum Gasteiger partial charge on any atom is 0.123 e. The molecule has 2 rings (SSSR count). The molecule has 0 aliphatic carbocycles. The Kier molecular flexibility index (Phi) is 3.06. The Balaban J connectivity index is 2.43. The average molecular weight is 218 g/mol. The minimum Gasteiger partial charge on any atom is -0.344 e. The number of nitrogens with two attached hydrogens (primary N) is 1. The van der Waals surface area contributed by atoms with Crippen molar-refractivity contribution in [3.63, 3.8) is 0 Å². The molecule has 16 heavy (non-hydrogen) atoms. The molecule has 2 nitrogen and oxygen atoms in total. The molecular formula is C13H15FN2. The van der Waals surface area contributed by atoms with E-state index in [0.29, 0.717) is 6.54 Å². The lowest BCUT2D eigenvalue weighted by Gasteiger charge is -2.10. The first-order valence-electron chi connectivity index (χ1n) is 5.34. The van der Waals surface area contributed by atoms with Gasteiger partial charge in [0.25, 0.3) is 0 Å². The zero-order valence-corrected chi connectivity index (χ0v) is 9.28. The summed E-state index contributed by atoms with van der Waals surface area (Å²) in [6, 6.07) is 10.6. The summed E-state index contributed by atoms with van der Waals surface area (Å²) in [4.78, 5) is 0. The molecule has 0 atom stereocenters. The summed E-state index contributed by atoms with van der Waals surface area (Å²) < 4.78 is 15.0. The molecule has 1 aromatic heterocycles. The number of hydrogen-bond acceptors (Lipinski definition) is 1. The Morgan fingerprint density at radius 2 is 1.81 bits per heavy atom. The second-order valence-electron chi connectivity index (χ2n) is 3.81. The molecule has 0 saturated heterocycles. The summed E-state index contributed by atoms with van der Waals surface area (Å²) in [7, 11) is 0. The van der Waals surface area contributed by atoms with Crippen LogP contribution in [0.5, 0.6) is 0 Å². The Labute approximate surface area is 94.5 Å². The van der Waals surface area contributed by atoms with Gasteiger partial charge in [0.15, 0.2) is 0 Å². The summed E-state index contributed by atoms with van der Waals surface area (Å²) in [6.45, 7) is 3.43.